The van der Waals surface area contributed by atoms with Gasteiger partial charge in [0, 0.05) is 5.56 Å². The van der Waals surface area contributed by atoms with E-state index in [-0.39, 0.29) is 13.2 Å². The Balaban J connectivity index is 1.73. The van der Waals surface area contributed by atoms with Gasteiger partial charge in [0.25, 0.3) is 11.8 Å². The number of amides is 3. The fourth-order valence-electron chi connectivity index (χ4n) is 3.72. The van der Waals surface area contributed by atoms with E-state index in [1.807, 2.05) is 5.43 Å². The van der Waals surface area contributed by atoms with E-state index in [1.54, 1.807) is 30.3 Å². The summed E-state index contributed by atoms with van der Waals surface area (Å²) in [4.78, 5) is 37.6. The number of hydrazine groups is 1. The number of carboxylic acid groups (broad SMARTS) is 1. The molecule has 0 aliphatic carbocycles. The zero-order valence-corrected chi connectivity index (χ0v) is 19.1. The highest BCUT2D eigenvalue weighted by Gasteiger charge is 2.56. The van der Waals surface area contributed by atoms with Crippen molar-refractivity contribution in [3.63, 3.8) is 0 Å². The Bertz CT molecular complexity index is 1120. The van der Waals surface area contributed by atoms with Crippen LogP contribution in [0.25, 0.3) is 0 Å². The first kappa shape index (κ1) is 25.8. The Morgan fingerprint density at radius 3 is 2.34 bits per heavy atom. The Labute approximate surface area is 198 Å². The van der Waals surface area contributed by atoms with Crippen molar-refractivity contribution in [3.8, 4) is 5.75 Å². The van der Waals surface area contributed by atoms with Crippen LogP contribution in [0.15, 0.2) is 48.5 Å². The van der Waals surface area contributed by atoms with Gasteiger partial charge in [0.15, 0.2) is 0 Å². The van der Waals surface area contributed by atoms with E-state index < -0.39 is 52.2 Å². The van der Waals surface area contributed by atoms with Crippen LogP contribution in [-0.2, 0) is 22.3 Å². The summed E-state index contributed by atoms with van der Waals surface area (Å²) in [5, 5.41) is 9.50. The lowest BCUT2D eigenvalue weighted by molar-refractivity contribution is -0.139. The molecule has 9 nitrogen and oxygen atoms in total. The number of hydrogen-bond donors (Lipinski definition) is 3. The molecule has 0 bridgehead atoms. The maximum Gasteiger partial charge on any atom is 0.419 e. The van der Waals surface area contributed by atoms with E-state index in [0.717, 1.165) is 17.0 Å². The van der Waals surface area contributed by atoms with Gasteiger partial charge in [-0.15, -0.1) is 0 Å². The molecule has 0 spiro atoms. The number of ether oxygens (including phenoxy) is 2. The summed E-state index contributed by atoms with van der Waals surface area (Å²) < 4.78 is 51.6. The van der Waals surface area contributed by atoms with Crippen LogP contribution in [0.5, 0.6) is 5.75 Å². The van der Waals surface area contributed by atoms with Gasteiger partial charge in [-0.2, -0.15) is 13.2 Å². The molecular weight excluding hydrogens is 471 g/mol. The van der Waals surface area contributed by atoms with Crippen molar-refractivity contribution in [1.29, 1.82) is 0 Å². The van der Waals surface area contributed by atoms with Crippen LogP contribution in [-0.4, -0.2) is 45.8 Å². The summed E-state index contributed by atoms with van der Waals surface area (Å²) in [5.41, 5.74) is 0.200. The van der Waals surface area contributed by atoms with Crippen molar-refractivity contribution in [1.82, 2.24) is 15.8 Å². The number of nitrogens with one attached hydrogen (secondary N) is 2. The van der Waals surface area contributed by atoms with Gasteiger partial charge in [-0.3, -0.25) is 25.3 Å². The van der Waals surface area contributed by atoms with Crippen molar-refractivity contribution in [2.75, 3.05) is 6.61 Å². The molecule has 3 rings (SSSR count). The Morgan fingerprint density at radius 2 is 1.74 bits per heavy atom. The van der Waals surface area contributed by atoms with Gasteiger partial charge >= 0.3 is 12.3 Å². The van der Waals surface area contributed by atoms with Crippen molar-refractivity contribution < 1.29 is 42.1 Å². The van der Waals surface area contributed by atoms with Crippen LogP contribution in [0, 0.1) is 0 Å². The molecule has 3 N–H and O–H groups in total. The predicted octanol–water partition coefficient (Wildman–Crippen LogP) is 3.55. The largest absolute Gasteiger partial charge is 0.488 e. The van der Waals surface area contributed by atoms with Crippen LogP contribution in [0.4, 0.5) is 18.0 Å². The maximum absolute atomic E-state index is 13.6. The van der Waals surface area contributed by atoms with Crippen molar-refractivity contribution in [2.45, 2.75) is 44.8 Å². The van der Waals surface area contributed by atoms with Gasteiger partial charge in [-0.05, 0) is 44.5 Å². The SMILES string of the molecule is CC1(C)OCC(C)(C(=O)NNC(=O)c2ccc(OCc3ccccc3)c(C(F)(F)F)c2)N1C(=O)O. The molecule has 0 radical (unpaired) electrons. The number of benzene rings is 2. The summed E-state index contributed by atoms with van der Waals surface area (Å²) in [6.45, 7) is 3.82. The van der Waals surface area contributed by atoms with E-state index in [9.17, 15) is 32.7 Å². The lowest BCUT2D eigenvalue weighted by atomic mass is 10.0. The normalized spacial score (nSPS) is 19.2. The van der Waals surface area contributed by atoms with Gasteiger partial charge in [-0.25, -0.2) is 4.79 Å². The van der Waals surface area contributed by atoms with Gasteiger partial charge in [-0.1, -0.05) is 30.3 Å². The lowest BCUT2D eigenvalue weighted by Crippen LogP contribution is -2.63. The Hall–Kier alpha value is -3.80. The van der Waals surface area contributed by atoms with Crippen molar-refractivity contribution in [3.05, 3.63) is 65.2 Å². The lowest BCUT2D eigenvalue weighted by Gasteiger charge is -2.36. The molecular formula is C23H24F3N3O6. The van der Waals surface area contributed by atoms with Crippen LogP contribution < -0.4 is 15.6 Å². The molecule has 3 amide bonds. The van der Waals surface area contributed by atoms with E-state index in [0.29, 0.717) is 11.6 Å². The van der Waals surface area contributed by atoms with Crippen LogP contribution >= 0.6 is 0 Å². The van der Waals surface area contributed by atoms with E-state index in [1.165, 1.54) is 20.8 Å². The molecule has 2 aromatic rings. The fourth-order valence-corrected chi connectivity index (χ4v) is 3.72. The number of carbonyl (C=O) groups is 3. The molecule has 2 aromatic carbocycles. The molecule has 1 saturated heterocycles. The fraction of sp³-hybridized carbons (Fsp3) is 0.348. The van der Waals surface area contributed by atoms with Crippen LogP contribution in [0.1, 0.15) is 42.3 Å². The highest BCUT2D eigenvalue weighted by atomic mass is 19.4. The summed E-state index contributed by atoms with van der Waals surface area (Å²) in [6, 6.07) is 11.3. The van der Waals surface area contributed by atoms with Gasteiger partial charge < -0.3 is 14.6 Å². The zero-order chi connectivity index (χ0) is 26.0. The smallest absolute Gasteiger partial charge is 0.419 e. The summed E-state index contributed by atoms with van der Waals surface area (Å²) in [5.74, 6) is -2.42. The zero-order valence-electron chi connectivity index (χ0n) is 19.1. The third-order valence-corrected chi connectivity index (χ3v) is 5.49. The van der Waals surface area contributed by atoms with Crippen LogP contribution in [0.2, 0.25) is 0 Å². The van der Waals surface area contributed by atoms with E-state index >= 15 is 0 Å². The minimum atomic E-state index is -4.81. The summed E-state index contributed by atoms with van der Waals surface area (Å²) >= 11 is 0. The highest BCUT2D eigenvalue weighted by molar-refractivity contribution is 5.97. The molecule has 1 atom stereocenters. The second-order valence-electron chi connectivity index (χ2n) is 8.52. The van der Waals surface area contributed by atoms with E-state index in [4.69, 9.17) is 9.47 Å². The third kappa shape index (κ3) is 5.48. The summed E-state index contributed by atoms with van der Waals surface area (Å²) in [6.07, 6.45) is -6.23. The number of hydrogen-bond acceptors (Lipinski definition) is 5. The first-order valence-corrected chi connectivity index (χ1v) is 10.4. The standard InChI is InChI=1S/C23H24F3N3O6/c1-21(2)29(20(32)33)22(3,13-35-21)19(31)28-27-18(30)15-9-10-17(16(11-15)23(24,25)26)34-12-14-7-5-4-6-8-14/h4-11H,12-13H2,1-3H3,(H,27,30)(H,28,31)(H,32,33). The van der Waals surface area contributed by atoms with E-state index in [2.05, 4.69) is 5.43 Å². The minimum Gasteiger partial charge on any atom is -0.488 e. The topological polar surface area (TPSA) is 117 Å². The molecule has 1 heterocycles. The third-order valence-electron chi connectivity index (χ3n) is 5.49. The molecule has 12 heteroatoms. The van der Waals surface area contributed by atoms with Crippen molar-refractivity contribution in [2.24, 2.45) is 0 Å². The first-order valence-electron chi connectivity index (χ1n) is 10.4. The highest BCUT2D eigenvalue weighted by Crippen LogP contribution is 2.37. The number of halogens is 3. The number of carbonyl (C=O) groups excluding carboxylic acids is 2. The first-order chi connectivity index (χ1) is 16.3. The minimum absolute atomic E-state index is 0.109. The predicted molar refractivity (Wildman–Crippen MR) is 116 cm³/mol. The Morgan fingerprint density at radius 1 is 1.09 bits per heavy atom. The van der Waals surface area contributed by atoms with Gasteiger partial charge in [0.1, 0.15) is 23.6 Å². The Kier molecular flexibility index (Phi) is 6.97. The molecule has 0 saturated carbocycles. The van der Waals surface area contributed by atoms with Crippen molar-refractivity contribution >= 4 is 17.9 Å². The van der Waals surface area contributed by atoms with Gasteiger partial charge in [0.2, 0.25) is 0 Å². The monoisotopic (exact) mass is 495 g/mol. The molecule has 1 aliphatic heterocycles. The summed E-state index contributed by atoms with van der Waals surface area (Å²) in [7, 11) is 0. The average Bonchev–Trinajstić information content (AvgIpc) is 3.05. The molecule has 0 aromatic heterocycles. The second kappa shape index (κ2) is 9.45. The quantitative estimate of drug-likeness (QED) is 0.547. The number of alkyl halides is 3. The molecule has 1 unspecified atom stereocenters. The van der Waals surface area contributed by atoms with Crippen LogP contribution in [0.3, 0.4) is 0 Å². The molecule has 1 fully saturated rings. The second-order valence-corrected chi connectivity index (χ2v) is 8.52. The maximum atomic E-state index is 13.6. The number of nitrogens with zero attached hydrogens (tertiary/aromatic N) is 1. The molecule has 188 valence electrons. The molecule has 1 aliphatic rings. The number of rotatable bonds is 5. The van der Waals surface area contributed by atoms with Gasteiger partial charge in [0.05, 0.1) is 12.2 Å². The average molecular weight is 495 g/mol. The molecule has 35 heavy (non-hydrogen) atoms.